The Morgan fingerprint density at radius 2 is 1.86 bits per heavy atom. The standard InChI is InChI=1S/C11H14N4O6/c1-13-4-10(14(18)19)7-2-6(16)3-8(10)12-9(17)11(7,5-13)15(20)21/h7-8H,2-5H2,1H3,(H,12,17). The maximum Gasteiger partial charge on any atom is 0.321 e. The van der Waals surface area contributed by atoms with Crippen molar-refractivity contribution >= 4 is 11.7 Å². The summed E-state index contributed by atoms with van der Waals surface area (Å²) in [6.07, 6.45) is -0.440. The number of likely N-dealkylation sites (N-methyl/N-ethyl adjacent to an activating group) is 1. The van der Waals surface area contributed by atoms with E-state index >= 15 is 0 Å². The summed E-state index contributed by atoms with van der Waals surface area (Å²) in [7, 11) is 1.52. The second-order valence-electron chi connectivity index (χ2n) is 6.13. The summed E-state index contributed by atoms with van der Waals surface area (Å²) in [4.78, 5) is 47.6. The SMILES string of the molecule is CN1CC2([N+](=O)[O-])C(=O)NC3CC(=O)CC2C3([N+](=O)[O-])C1. The van der Waals surface area contributed by atoms with Crippen molar-refractivity contribution in [1.82, 2.24) is 10.2 Å². The molecular formula is C11H14N4O6. The third kappa shape index (κ3) is 1.45. The van der Waals surface area contributed by atoms with Crippen molar-refractivity contribution in [3.05, 3.63) is 20.2 Å². The number of carbonyl (C=O) groups is 2. The summed E-state index contributed by atoms with van der Waals surface area (Å²) in [5, 5.41) is 25.7. The maximum atomic E-state index is 12.3. The molecule has 114 valence electrons. The fourth-order valence-electron chi connectivity index (χ4n) is 4.22. The molecule has 4 bridgehead atoms. The van der Waals surface area contributed by atoms with Crippen molar-refractivity contribution in [3.8, 4) is 0 Å². The molecule has 10 nitrogen and oxygen atoms in total. The van der Waals surface area contributed by atoms with Gasteiger partial charge in [0.15, 0.2) is 0 Å². The lowest BCUT2D eigenvalue weighted by Gasteiger charge is -2.54. The van der Waals surface area contributed by atoms with Gasteiger partial charge in [0, 0.05) is 22.7 Å². The Morgan fingerprint density at radius 1 is 1.19 bits per heavy atom. The first kappa shape index (κ1) is 13.9. The Hall–Kier alpha value is -2.10. The molecule has 10 heteroatoms. The average Bonchev–Trinajstić information content (AvgIpc) is 2.36. The van der Waals surface area contributed by atoms with Gasteiger partial charge in [-0.25, -0.2) is 0 Å². The second kappa shape index (κ2) is 3.97. The zero-order chi connectivity index (χ0) is 15.6. The van der Waals surface area contributed by atoms with Crippen LogP contribution in [-0.2, 0) is 9.59 Å². The summed E-state index contributed by atoms with van der Waals surface area (Å²) in [6, 6.07) is -0.984. The van der Waals surface area contributed by atoms with Gasteiger partial charge >= 0.3 is 5.54 Å². The van der Waals surface area contributed by atoms with Gasteiger partial charge in [0.2, 0.25) is 0 Å². The number of carbonyl (C=O) groups excluding carboxylic acids is 2. The molecule has 0 aromatic carbocycles. The number of Topliss-reactive ketones (excluding diaryl/α,β-unsaturated/α-hetero) is 1. The molecule has 2 aliphatic heterocycles. The predicted octanol–water partition coefficient (Wildman–Crippen LogP) is -1.56. The van der Waals surface area contributed by atoms with Gasteiger partial charge in [0.1, 0.15) is 17.7 Å². The number of hydrogen-bond acceptors (Lipinski definition) is 7. The van der Waals surface area contributed by atoms with Crippen LogP contribution >= 0.6 is 0 Å². The Balaban J connectivity index is 2.25. The first-order valence-electron chi connectivity index (χ1n) is 6.55. The normalized spacial score (nSPS) is 42.3. The minimum Gasteiger partial charge on any atom is -0.339 e. The van der Waals surface area contributed by atoms with E-state index in [2.05, 4.69) is 5.32 Å². The quantitative estimate of drug-likeness (QED) is 0.481. The molecule has 3 fully saturated rings. The number of likely N-dealkylation sites (tertiary alicyclic amines) is 1. The van der Waals surface area contributed by atoms with E-state index in [9.17, 15) is 29.8 Å². The molecule has 1 amide bonds. The van der Waals surface area contributed by atoms with E-state index in [-0.39, 0.29) is 31.7 Å². The monoisotopic (exact) mass is 298 g/mol. The van der Waals surface area contributed by atoms with E-state index in [0.29, 0.717) is 0 Å². The molecule has 1 N–H and O–H groups in total. The molecule has 4 atom stereocenters. The van der Waals surface area contributed by atoms with E-state index < -0.39 is 38.8 Å². The zero-order valence-corrected chi connectivity index (χ0v) is 11.3. The highest BCUT2D eigenvalue weighted by molar-refractivity contribution is 5.92. The molecule has 3 rings (SSSR count). The van der Waals surface area contributed by atoms with E-state index in [4.69, 9.17) is 0 Å². The number of ketones is 1. The van der Waals surface area contributed by atoms with Crippen molar-refractivity contribution in [2.75, 3.05) is 20.1 Å². The summed E-state index contributed by atoms with van der Waals surface area (Å²) < 4.78 is 0. The van der Waals surface area contributed by atoms with Gasteiger partial charge in [-0.1, -0.05) is 0 Å². The summed E-state index contributed by atoms with van der Waals surface area (Å²) in [5.41, 5.74) is -3.81. The molecule has 0 spiro atoms. The van der Waals surface area contributed by atoms with Crippen molar-refractivity contribution in [1.29, 1.82) is 0 Å². The minimum atomic E-state index is -2.13. The molecule has 1 aliphatic carbocycles. The van der Waals surface area contributed by atoms with Gasteiger partial charge in [-0.3, -0.25) is 34.7 Å². The lowest BCUT2D eigenvalue weighted by atomic mass is 9.56. The topological polar surface area (TPSA) is 136 Å². The van der Waals surface area contributed by atoms with Crippen LogP contribution in [0.15, 0.2) is 0 Å². The lowest BCUT2D eigenvalue weighted by molar-refractivity contribution is -0.641. The largest absolute Gasteiger partial charge is 0.339 e. The first-order valence-corrected chi connectivity index (χ1v) is 6.55. The number of nitrogens with one attached hydrogen (secondary N) is 1. The molecule has 2 saturated heterocycles. The number of piperidine rings is 2. The summed E-state index contributed by atoms with van der Waals surface area (Å²) in [6.45, 7) is -0.245. The smallest absolute Gasteiger partial charge is 0.321 e. The van der Waals surface area contributed by atoms with Gasteiger partial charge in [-0.15, -0.1) is 0 Å². The first-order chi connectivity index (χ1) is 9.75. The molecule has 2 heterocycles. The van der Waals surface area contributed by atoms with Crippen LogP contribution in [0.25, 0.3) is 0 Å². The molecule has 3 aliphatic rings. The van der Waals surface area contributed by atoms with Gasteiger partial charge in [0.05, 0.1) is 13.1 Å². The Kier molecular flexibility index (Phi) is 2.62. The predicted molar refractivity (Wildman–Crippen MR) is 66.6 cm³/mol. The number of nitro groups is 2. The van der Waals surface area contributed by atoms with E-state index in [1.807, 2.05) is 0 Å². The third-order valence-electron chi connectivity index (χ3n) is 5.05. The van der Waals surface area contributed by atoms with Crippen LogP contribution in [0.5, 0.6) is 0 Å². The van der Waals surface area contributed by atoms with Crippen LogP contribution in [-0.4, -0.2) is 63.7 Å². The highest BCUT2D eigenvalue weighted by Crippen LogP contribution is 2.49. The average molecular weight is 298 g/mol. The highest BCUT2D eigenvalue weighted by atomic mass is 16.6. The molecule has 1 saturated carbocycles. The molecule has 4 unspecified atom stereocenters. The molecular weight excluding hydrogens is 284 g/mol. The summed E-state index contributed by atoms with van der Waals surface area (Å²) >= 11 is 0. The van der Waals surface area contributed by atoms with Gasteiger partial charge in [-0.2, -0.15) is 0 Å². The van der Waals surface area contributed by atoms with Crippen LogP contribution in [0.1, 0.15) is 12.8 Å². The zero-order valence-electron chi connectivity index (χ0n) is 11.3. The number of amides is 1. The third-order valence-corrected chi connectivity index (χ3v) is 5.05. The van der Waals surface area contributed by atoms with Gasteiger partial charge in [0.25, 0.3) is 11.4 Å². The maximum absolute atomic E-state index is 12.3. The second-order valence-corrected chi connectivity index (χ2v) is 6.13. The van der Waals surface area contributed by atoms with Crippen LogP contribution < -0.4 is 5.32 Å². The van der Waals surface area contributed by atoms with Gasteiger partial charge < -0.3 is 5.32 Å². The molecule has 0 aromatic heterocycles. The fraction of sp³-hybridized carbons (Fsp3) is 0.818. The minimum absolute atomic E-state index is 0.0154. The van der Waals surface area contributed by atoms with E-state index in [1.54, 1.807) is 0 Å². The number of nitrogens with zero attached hydrogens (tertiary/aromatic N) is 3. The van der Waals surface area contributed by atoms with Crippen LogP contribution in [0, 0.1) is 26.1 Å². The Labute approximate surface area is 118 Å². The molecule has 21 heavy (non-hydrogen) atoms. The van der Waals surface area contributed by atoms with Crippen LogP contribution in [0.2, 0.25) is 0 Å². The Morgan fingerprint density at radius 3 is 2.43 bits per heavy atom. The van der Waals surface area contributed by atoms with E-state index in [0.717, 1.165) is 0 Å². The molecule has 0 radical (unpaired) electrons. The number of hydrogen-bond donors (Lipinski definition) is 1. The van der Waals surface area contributed by atoms with Crippen molar-refractivity contribution in [2.45, 2.75) is 30.0 Å². The van der Waals surface area contributed by atoms with Crippen LogP contribution in [0.4, 0.5) is 0 Å². The van der Waals surface area contributed by atoms with Crippen molar-refractivity contribution in [2.24, 2.45) is 5.92 Å². The fourth-order valence-corrected chi connectivity index (χ4v) is 4.22. The van der Waals surface area contributed by atoms with Crippen molar-refractivity contribution < 1.29 is 19.4 Å². The lowest BCUT2D eigenvalue weighted by Crippen LogP contribution is -2.86. The van der Waals surface area contributed by atoms with E-state index in [1.165, 1.54) is 11.9 Å². The number of rotatable bonds is 2. The molecule has 0 aromatic rings. The highest BCUT2D eigenvalue weighted by Gasteiger charge is 2.80. The van der Waals surface area contributed by atoms with Gasteiger partial charge in [-0.05, 0) is 7.05 Å². The summed E-state index contributed by atoms with van der Waals surface area (Å²) in [5.74, 6) is -2.30. The van der Waals surface area contributed by atoms with Crippen LogP contribution in [0.3, 0.4) is 0 Å². The Bertz CT molecular complexity index is 579. The van der Waals surface area contributed by atoms with Crippen molar-refractivity contribution in [3.63, 3.8) is 0 Å².